The van der Waals surface area contributed by atoms with Crippen LogP contribution in [0.1, 0.15) is 23.7 Å². The van der Waals surface area contributed by atoms with Crippen molar-refractivity contribution in [3.8, 4) is 5.75 Å². The zero-order chi connectivity index (χ0) is 10.3. The Balaban J connectivity index is 2.01. The minimum Gasteiger partial charge on any atom is -0.497 e. The first kappa shape index (κ1) is 8.77. The molecule has 0 saturated heterocycles. The molecule has 0 aromatic heterocycles. The molecule has 15 heavy (non-hydrogen) atoms. The Labute approximate surface area is 88.7 Å². The third-order valence-electron chi connectivity index (χ3n) is 3.22. The lowest BCUT2D eigenvalue weighted by molar-refractivity contribution is 0.0541. The van der Waals surface area contributed by atoms with Crippen molar-refractivity contribution in [3.63, 3.8) is 0 Å². The first-order valence-corrected chi connectivity index (χ1v) is 5.24. The molecule has 1 heterocycles. The van der Waals surface area contributed by atoms with Crippen LogP contribution in [0.2, 0.25) is 0 Å². The second-order valence-electron chi connectivity index (χ2n) is 4.05. The fourth-order valence-corrected chi connectivity index (χ4v) is 2.37. The average molecular weight is 203 g/mol. The molecular weight excluding hydrogens is 190 g/mol. The van der Waals surface area contributed by atoms with Crippen LogP contribution in [-0.4, -0.2) is 13.3 Å². The van der Waals surface area contributed by atoms with Gasteiger partial charge in [-0.3, -0.25) is 0 Å². The largest absolute Gasteiger partial charge is 0.497 e. The van der Waals surface area contributed by atoms with E-state index in [1.165, 1.54) is 11.1 Å². The third-order valence-corrected chi connectivity index (χ3v) is 3.22. The molecule has 1 aliphatic carbocycles. The summed E-state index contributed by atoms with van der Waals surface area (Å²) in [6, 6.07) is 6.19. The van der Waals surface area contributed by atoms with Crippen LogP contribution in [-0.2, 0) is 11.3 Å². The molecule has 2 atom stereocenters. The zero-order valence-corrected chi connectivity index (χ0v) is 8.64. The maximum absolute atomic E-state index is 5.39. The summed E-state index contributed by atoms with van der Waals surface area (Å²) in [5.74, 6) is 1.39. The van der Waals surface area contributed by atoms with Crippen molar-refractivity contribution >= 4 is 6.21 Å². The molecule has 2 aliphatic rings. The van der Waals surface area contributed by atoms with Gasteiger partial charge in [-0.05, 0) is 36.1 Å². The Bertz CT molecular complexity index is 414. The summed E-state index contributed by atoms with van der Waals surface area (Å²) in [6.45, 7) is 0. The van der Waals surface area contributed by atoms with Crippen molar-refractivity contribution in [2.45, 2.75) is 18.9 Å². The summed E-state index contributed by atoms with van der Waals surface area (Å²) in [5.41, 5.74) is 2.60. The summed E-state index contributed by atoms with van der Waals surface area (Å²) in [6.07, 6.45) is 4.27. The molecule has 0 unspecified atom stereocenters. The molecular formula is C12H13NO2. The summed E-state index contributed by atoms with van der Waals surface area (Å²) in [5, 5.41) is 3.91. The molecule has 1 aromatic carbocycles. The number of benzene rings is 1. The molecule has 0 bridgehead atoms. The number of rotatable bonds is 1. The van der Waals surface area contributed by atoms with E-state index in [0.717, 1.165) is 18.6 Å². The van der Waals surface area contributed by atoms with Crippen molar-refractivity contribution in [1.82, 2.24) is 0 Å². The number of hydrogen-bond donors (Lipinski definition) is 0. The SMILES string of the molecule is COc1ccc2c(c1)CC[C@@H]1C=NO[C@@H]21. The van der Waals surface area contributed by atoms with E-state index in [2.05, 4.69) is 17.3 Å². The Morgan fingerprint density at radius 3 is 3.27 bits per heavy atom. The highest BCUT2D eigenvalue weighted by Crippen LogP contribution is 2.40. The van der Waals surface area contributed by atoms with Crippen molar-refractivity contribution in [2.75, 3.05) is 7.11 Å². The highest BCUT2D eigenvalue weighted by molar-refractivity contribution is 5.64. The summed E-state index contributed by atoms with van der Waals surface area (Å²) in [4.78, 5) is 5.39. The summed E-state index contributed by atoms with van der Waals surface area (Å²) in [7, 11) is 1.70. The number of oxime groups is 1. The molecule has 78 valence electrons. The van der Waals surface area contributed by atoms with Crippen molar-refractivity contribution in [1.29, 1.82) is 0 Å². The third kappa shape index (κ3) is 1.30. The predicted octanol–water partition coefficient (Wildman–Crippen LogP) is 2.31. The molecule has 0 spiro atoms. The van der Waals surface area contributed by atoms with E-state index in [4.69, 9.17) is 9.57 Å². The van der Waals surface area contributed by atoms with Gasteiger partial charge in [-0.2, -0.15) is 0 Å². The summed E-state index contributed by atoms with van der Waals surface area (Å²) < 4.78 is 5.22. The van der Waals surface area contributed by atoms with Crippen LogP contribution in [0.3, 0.4) is 0 Å². The van der Waals surface area contributed by atoms with Gasteiger partial charge in [0.15, 0.2) is 6.10 Å². The van der Waals surface area contributed by atoms with E-state index >= 15 is 0 Å². The van der Waals surface area contributed by atoms with Gasteiger partial charge in [0.2, 0.25) is 0 Å². The number of hydrogen-bond acceptors (Lipinski definition) is 3. The number of methoxy groups -OCH3 is 1. The van der Waals surface area contributed by atoms with E-state index < -0.39 is 0 Å². The van der Waals surface area contributed by atoms with Gasteiger partial charge in [0, 0.05) is 5.92 Å². The molecule has 3 nitrogen and oxygen atoms in total. The molecule has 1 aliphatic heterocycles. The van der Waals surface area contributed by atoms with Crippen LogP contribution >= 0.6 is 0 Å². The van der Waals surface area contributed by atoms with Crippen molar-refractivity contribution in [2.24, 2.45) is 11.1 Å². The van der Waals surface area contributed by atoms with Gasteiger partial charge in [0.05, 0.1) is 13.3 Å². The molecule has 0 fully saturated rings. The minimum absolute atomic E-state index is 0.139. The highest BCUT2D eigenvalue weighted by Gasteiger charge is 2.33. The molecule has 0 N–H and O–H groups in total. The maximum Gasteiger partial charge on any atom is 0.160 e. The first-order chi connectivity index (χ1) is 7.38. The van der Waals surface area contributed by atoms with Gasteiger partial charge >= 0.3 is 0 Å². The number of nitrogens with zero attached hydrogens (tertiary/aromatic N) is 1. The van der Waals surface area contributed by atoms with Crippen LogP contribution in [0, 0.1) is 5.92 Å². The van der Waals surface area contributed by atoms with Gasteiger partial charge in [-0.1, -0.05) is 11.2 Å². The Morgan fingerprint density at radius 1 is 1.47 bits per heavy atom. The van der Waals surface area contributed by atoms with E-state index in [1.54, 1.807) is 7.11 Å². The van der Waals surface area contributed by atoms with Gasteiger partial charge in [0.1, 0.15) is 5.75 Å². The monoisotopic (exact) mass is 203 g/mol. The summed E-state index contributed by atoms with van der Waals surface area (Å²) >= 11 is 0. The Hall–Kier alpha value is -1.51. The normalized spacial score (nSPS) is 26.7. The van der Waals surface area contributed by atoms with Crippen LogP contribution in [0.15, 0.2) is 23.4 Å². The van der Waals surface area contributed by atoms with Gasteiger partial charge in [-0.25, -0.2) is 0 Å². The van der Waals surface area contributed by atoms with Crippen LogP contribution in [0.5, 0.6) is 5.75 Å². The van der Waals surface area contributed by atoms with Crippen LogP contribution < -0.4 is 4.74 Å². The lowest BCUT2D eigenvalue weighted by atomic mass is 9.82. The smallest absolute Gasteiger partial charge is 0.160 e. The molecule has 0 amide bonds. The lowest BCUT2D eigenvalue weighted by Gasteiger charge is -2.25. The fourth-order valence-electron chi connectivity index (χ4n) is 2.37. The molecule has 0 radical (unpaired) electrons. The van der Waals surface area contributed by atoms with Crippen LogP contribution in [0.25, 0.3) is 0 Å². The molecule has 1 aromatic rings. The average Bonchev–Trinajstić information content (AvgIpc) is 2.76. The maximum atomic E-state index is 5.39. The fraction of sp³-hybridized carbons (Fsp3) is 0.417. The molecule has 0 saturated carbocycles. The number of ether oxygens (including phenoxy) is 1. The second kappa shape index (κ2) is 3.26. The van der Waals surface area contributed by atoms with E-state index in [0.29, 0.717) is 5.92 Å². The van der Waals surface area contributed by atoms with Crippen molar-refractivity contribution in [3.05, 3.63) is 29.3 Å². The molecule has 3 rings (SSSR count). The first-order valence-electron chi connectivity index (χ1n) is 5.24. The van der Waals surface area contributed by atoms with Gasteiger partial charge in [-0.15, -0.1) is 0 Å². The highest BCUT2D eigenvalue weighted by atomic mass is 16.6. The predicted molar refractivity (Wildman–Crippen MR) is 57.1 cm³/mol. The van der Waals surface area contributed by atoms with E-state index in [9.17, 15) is 0 Å². The van der Waals surface area contributed by atoms with Gasteiger partial charge in [0.25, 0.3) is 0 Å². The number of aryl methyl sites for hydroxylation is 1. The van der Waals surface area contributed by atoms with E-state index in [1.807, 2.05) is 12.3 Å². The molecule has 3 heteroatoms. The number of fused-ring (bicyclic) bond motifs is 3. The Kier molecular flexibility index (Phi) is 1.91. The second-order valence-corrected chi connectivity index (χ2v) is 4.05. The van der Waals surface area contributed by atoms with Crippen molar-refractivity contribution < 1.29 is 9.57 Å². The topological polar surface area (TPSA) is 30.8 Å². The van der Waals surface area contributed by atoms with Gasteiger partial charge < -0.3 is 9.57 Å². The Morgan fingerprint density at radius 2 is 2.40 bits per heavy atom. The quantitative estimate of drug-likeness (QED) is 0.701. The lowest BCUT2D eigenvalue weighted by Crippen LogP contribution is -2.18. The van der Waals surface area contributed by atoms with Crippen LogP contribution in [0.4, 0.5) is 0 Å². The zero-order valence-electron chi connectivity index (χ0n) is 8.64. The standard InChI is InChI=1S/C12H13NO2/c1-14-10-4-5-11-8(6-10)2-3-9-7-13-15-12(9)11/h4-7,9,12H,2-3H2,1H3/t9-,12-/m1/s1. The minimum atomic E-state index is 0.139. The van der Waals surface area contributed by atoms with E-state index in [-0.39, 0.29) is 6.10 Å².